The van der Waals surface area contributed by atoms with Crippen LogP contribution in [0.2, 0.25) is 0 Å². The van der Waals surface area contributed by atoms with Gasteiger partial charge in [0.2, 0.25) is 0 Å². The second-order valence-electron chi connectivity index (χ2n) is 8.04. The van der Waals surface area contributed by atoms with E-state index in [2.05, 4.69) is 36.9 Å². The Hall–Kier alpha value is -3.12. The molecule has 3 N–H and O–H groups in total. The molecule has 5 heterocycles. The lowest BCUT2D eigenvalue weighted by Gasteiger charge is -2.39. The molecule has 2 fully saturated rings. The number of rotatable bonds is 6. The first kappa shape index (κ1) is 17.9. The summed E-state index contributed by atoms with van der Waals surface area (Å²) in [6, 6.07) is 7.71. The van der Waals surface area contributed by atoms with E-state index in [-0.39, 0.29) is 0 Å². The van der Waals surface area contributed by atoms with Crippen molar-refractivity contribution in [2.24, 2.45) is 0 Å². The number of nitriles is 1. The van der Waals surface area contributed by atoms with Crippen LogP contribution in [0, 0.1) is 18.3 Å². The zero-order valence-electron chi connectivity index (χ0n) is 16.5. The number of hydrogen-bond donors (Lipinski definition) is 3. The molecule has 0 saturated carbocycles. The van der Waals surface area contributed by atoms with Crippen LogP contribution in [0.15, 0.2) is 24.5 Å². The maximum Gasteiger partial charge on any atom is 0.154 e. The number of aryl methyl sites for hydroxylation is 1. The Bertz CT molecular complexity index is 1030. The van der Waals surface area contributed by atoms with Crippen LogP contribution in [0.5, 0.6) is 0 Å². The van der Waals surface area contributed by atoms with Gasteiger partial charge in [-0.05, 0) is 38.7 Å². The van der Waals surface area contributed by atoms with Gasteiger partial charge in [0.15, 0.2) is 17.5 Å². The van der Waals surface area contributed by atoms with Gasteiger partial charge in [0.1, 0.15) is 5.52 Å². The van der Waals surface area contributed by atoms with Gasteiger partial charge >= 0.3 is 0 Å². The zero-order chi connectivity index (χ0) is 19.8. The molecular weight excluding hydrogens is 366 g/mol. The minimum absolute atomic E-state index is 0.375. The van der Waals surface area contributed by atoms with Crippen LogP contribution in [-0.4, -0.2) is 54.4 Å². The van der Waals surface area contributed by atoms with Crippen molar-refractivity contribution < 1.29 is 0 Å². The molecule has 3 atom stereocenters. The molecule has 2 aliphatic heterocycles. The van der Waals surface area contributed by atoms with Crippen LogP contribution < -0.4 is 10.6 Å². The maximum absolute atomic E-state index is 8.93. The Kier molecular flexibility index (Phi) is 4.56. The lowest BCUT2D eigenvalue weighted by atomic mass is 9.97. The Labute approximate surface area is 169 Å². The average molecular weight is 391 g/mol. The minimum Gasteiger partial charge on any atom is -0.365 e. The van der Waals surface area contributed by atoms with Gasteiger partial charge in [0.05, 0.1) is 18.5 Å². The Morgan fingerprint density at radius 3 is 2.83 bits per heavy atom. The van der Waals surface area contributed by atoms with E-state index >= 15 is 0 Å². The topological polar surface area (TPSA) is 110 Å². The highest BCUT2D eigenvalue weighted by Crippen LogP contribution is 2.37. The van der Waals surface area contributed by atoms with E-state index in [1.54, 1.807) is 6.20 Å². The van der Waals surface area contributed by atoms with Crippen molar-refractivity contribution in [2.45, 2.75) is 57.2 Å². The number of nitrogens with one attached hydrogen (secondary N) is 3. The van der Waals surface area contributed by atoms with Crippen molar-refractivity contribution in [3.8, 4) is 6.07 Å². The molecule has 0 spiro atoms. The van der Waals surface area contributed by atoms with Crippen LogP contribution in [0.4, 0.5) is 17.5 Å². The number of aromatic nitrogens is 5. The minimum atomic E-state index is 0.375. The van der Waals surface area contributed by atoms with Gasteiger partial charge in [-0.3, -0.25) is 10.00 Å². The van der Waals surface area contributed by atoms with Gasteiger partial charge in [-0.2, -0.15) is 15.5 Å². The van der Waals surface area contributed by atoms with Crippen molar-refractivity contribution >= 4 is 23.0 Å². The Balaban J connectivity index is 1.35. The van der Waals surface area contributed by atoms with Gasteiger partial charge in [-0.1, -0.05) is 0 Å². The van der Waals surface area contributed by atoms with Crippen molar-refractivity contribution in [3.63, 3.8) is 0 Å². The number of fused-ring (bicyclic) bond motifs is 3. The largest absolute Gasteiger partial charge is 0.365 e. The molecule has 9 nitrogen and oxygen atoms in total. The van der Waals surface area contributed by atoms with Crippen LogP contribution in [-0.2, 0) is 0 Å². The molecule has 2 aliphatic rings. The first-order chi connectivity index (χ1) is 14.2. The molecule has 2 unspecified atom stereocenters. The quantitative estimate of drug-likeness (QED) is 0.593. The predicted octanol–water partition coefficient (Wildman–Crippen LogP) is 2.83. The molecule has 150 valence electrons. The molecule has 5 rings (SSSR count). The van der Waals surface area contributed by atoms with Gasteiger partial charge in [0, 0.05) is 42.9 Å². The van der Waals surface area contributed by atoms with Crippen LogP contribution >= 0.6 is 0 Å². The predicted molar refractivity (Wildman–Crippen MR) is 110 cm³/mol. The fraction of sp³-hybridized carbons (Fsp3) is 0.500. The number of nitrogens with zero attached hydrogens (tertiary/aromatic N) is 6. The van der Waals surface area contributed by atoms with E-state index in [1.807, 2.05) is 29.8 Å². The van der Waals surface area contributed by atoms with Crippen molar-refractivity contribution in [1.82, 2.24) is 29.7 Å². The van der Waals surface area contributed by atoms with Crippen LogP contribution in [0.25, 0.3) is 5.52 Å². The monoisotopic (exact) mass is 391 g/mol. The summed E-state index contributed by atoms with van der Waals surface area (Å²) in [5, 5.41) is 27.4. The highest BCUT2D eigenvalue weighted by atomic mass is 15.3. The molecular formula is C20H25N9. The highest BCUT2D eigenvalue weighted by Gasteiger charge is 2.40. The third kappa shape index (κ3) is 3.51. The van der Waals surface area contributed by atoms with Gasteiger partial charge in [0.25, 0.3) is 0 Å². The highest BCUT2D eigenvalue weighted by molar-refractivity contribution is 5.70. The summed E-state index contributed by atoms with van der Waals surface area (Å²) in [5.41, 5.74) is 1.96. The summed E-state index contributed by atoms with van der Waals surface area (Å²) in [6.07, 6.45) is 8.90. The molecule has 0 amide bonds. The normalized spacial score (nSPS) is 23.9. The molecule has 3 aromatic rings. The fourth-order valence-corrected chi connectivity index (χ4v) is 4.84. The summed E-state index contributed by atoms with van der Waals surface area (Å²) >= 11 is 0. The molecule has 0 aliphatic carbocycles. The number of hydrogen-bond acceptors (Lipinski definition) is 7. The summed E-state index contributed by atoms with van der Waals surface area (Å²) < 4.78 is 1.84. The lowest BCUT2D eigenvalue weighted by molar-refractivity contribution is 0.136. The third-order valence-corrected chi connectivity index (χ3v) is 6.06. The van der Waals surface area contributed by atoms with Gasteiger partial charge in [-0.15, -0.1) is 0 Å². The van der Waals surface area contributed by atoms with Crippen molar-refractivity contribution in [1.29, 1.82) is 5.26 Å². The van der Waals surface area contributed by atoms with Crippen molar-refractivity contribution in [2.75, 3.05) is 17.2 Å². The second kappa shape index (κ2) is 7.37. The van der Waals surface area contributed by atoms with Crippen molar-refractivity contribution in [3.05, 3.63) is 30.2 Å². The smallest absolute Gasteiger partial charge is 0.154 e. The molecule has 3 aromatic heterocycles. The van der Waals surface area contributed by atoms with E-state index in [9.17, 15) is 0 Å². The molecule has 9 heteroatoms. The van der Waals surface area contributed by atoms with Gasteiger partial charge in [-0.25, -0.2) is 9.50 Å². The maximum atomic E-state index is 8.93. The number of anilines is 3. The first-order valence-corrected chi connectivity index (χ1v) is 10.2. The summed E-state index contributed by atoms with van der Waals surface area (Å²) in [6.45, 7) is 2.86. The SMILES string of the molecule is Cc1cc(Nc2cn3nccc3c(NC3CC4CC[C@@H](C3)N4CCC#N)n2)n[nH]1. The molecule has 0 aromatic carbocycles. The van der Waals surface area contributed by atoms with E-state index in [0.717, 1.165) is 42.2 Å². The summed E-state index contributed by atoms with van der Waals surface area (Å²) in [5.74, 6) is 2.27. The molecule has 2 saturated heterocycles. The number of piperidine rings is 1. The second-order valence-corrected chi connectivity index (χ2v) is 8.04. The molecule has 2 bridgehead atoms. The average Bonchev–Trinajstić information content (AvgIpc) is 3.39. The summed E-state index contributed by atoms with van der Waals surface area (Å²) in [7, 11) is 0. The molecule has 29 heavy (non-hydrogen) atoms. The van der Waals surface area contributed by atoms with Gasteiger partial charge < -0.3 is 10.6 Å². The van der Waals surface area contributed by atoms with E-state index in [4.69, 9.17) is 10.2 Å². The Morgan fingerprint density at radius 1 is 1.28 bits per heavy atom. The first-order valence-electron chi connectivity index (χ1n) is 10.2. The van der Waals surface area contributed by atoms with E-state index in [0.29, 0.717) is 30.4 Å². The summed E-state index contributed by atoms with van der Waals surface area (Å²) in [4.78, 5) is 7.36. The zero-order valence-corrected chi connectivity index (χ0v) is 16.5. The fourth-order valence-electron chi connectivity index (χ4n) is 4.84. The number of H-pyrrole nitrogens is 1. The van der Waals surface area contributed by atoms with E-state index in [1.165, 1.54) is 12.8 Å². The van der Waals surface area contributed by atoms with Crippen LogP contribution in [0.3, 0.4) is 0 Å². The standard InChI is InChI=1S/C20H25N9/c1-13-9-18(27-26-13)24-19-12-29-17(5-7-22-29)20(25-19)23-14-10-15-3-4-16(11-14)28(15)8-2-6-21/h5,7,9,12,14-16H,2-4,8,10-11H2,1H3,(H,23,25)(H2,24,26,27)/t14?,15-,16?/m0/s1. The lowest BCUT2D eigenvalue weighted by Crippen LogP contribution is -2.47. The third-order valence-electron chi connectivity index (χ3n) is 6.06. The number of aromatic amines is 1. The van der Waals surface area contributed by atoms with E-state index < -0.39 is 0 Å². The Morgan fingerprint density at radius 2 is 2.10 bits per heavy atom. The van der Waals surface area contributed by atoms with Crippen LogP contribution in [0.1, 0.15) is 37.8 Å². The molecule has 0 radical (unpaired) electrons.